The molecule has 6 heteroatoms. The normalized spacial score (nSPS) is 16.1. The van der Waals surface area contributed by atoms with E-state index in [1.165, 1.54) is 0 Å². The van der Waals surface area contributed by atoms with Crippen LogP contribution in [-0.4, -0.2) is 56.4 Å². The second-order valence-corrected chi connectivity index (χ2v) is 5.24. The molecule has 1 saturated heterocycles. The van der Waals surface area contributed by atoms with Crippen LogP contribution in [-0.2, 0) is 4.74 Å². The number of nitrogens with zero attached hydrogens (tertiary/aromatic N) is 3. The van der Waals surface area contributed by atoms with Crippen LogP contribution in [0.15, 0.2) is 12.3 Å². The molecule has 2 N–H and O–H groups in total. The molecule has 0 amide bonds. The van der Waals surface area contributed by atoms with Crippen LogP contribution in [0.5, 0.6) is 0 Å². The average Bonchev–Trinajstić information content (AvgIpc) is 2.48. The van der Waals surface area contributed by atoms with Crippen molar-refractivity contribution in [3.63, 3.8) is 0 Å². The number of aromatic nitrogens is 2. The number of hydrogen-bond donors (Lipinski definition) is 2. The largest absolute Gasteiger partial charge is 0.378 e. The van der Waals surface area contributed by atoms with Gasteiger partial charge in [-0.2, -0.15) is 4.98 Å². The van der Waals surface area contributed by atoms with Crippen molar-refractivity contribution in [1.82, 2.24) is 15.3 Å². The summed E-state index contributed by atoms with van der Waals surface area (Å²) in [5.41, 5.74) is 0. The van der Waals surface area contributed by atoms with E-state index in [1.54, 1.807) is 6.20 Å². The highest BCUT2D eigenvalue weighted by Gasteiger charge is 2.12. The first-order valence-electron chi connectivity index (χ1n) is 7.32. The second kappa shape index (κ2) is 8.01. The Balaban J connectivity index is 1.61. The minimum atomic E-state index is 0.440. The van der Waals surface area contributed by atoms with Crippen molar-refractivity contribution < 1.29 is 4.74 Å². The lowest BCUT2D eigenvalue weighted by Crippen LogP contribution is -2.32. The van der Waals surface area contributed by atoms with E-state index in [1.807, 2.05) is 25.1 Å². The Labute approximate surface area is 120 Å². The molecule has 6 nitrogen and oxygen atoms in total. The fraction of sp³-hybridized carbons (Fsp3) is 0.714. The lowest BCUT2D eigenvalue weighted by Gasteiger charge is -2.22. The Morgan fingerprint density at radius 3 is 2.95 bits per heavy atom. The number of rotatable bonds is 7. The van der Waals surface area contributed by atoms with Gasteiger partial charge in [0.2, 0.25) is 5.95 Å². The minimum absolute atomic E-state index is 0.440. The highest BCUT2D eigenvalue weighted by molar-refractivity contribution is 5.40. The number of nitrogens with one attached hydrogen (secondary N) is 2. The molecule has 0 unspecified atom stereocenters. The Morgan fingerprint density at radius 2 is 2.20 bits per heavy atom. The van der Waals surface area contributed by atoms with Gasteiger partial charge in [-0.3, -0.25) is 0 Å². The Hall–Kier alpha value is -1.40. The first-order chi connectivity index (χ1) is 9.75. The van der Waals surface area contributed by atoms with E-state index in [0.717, 1.165) is 57.3 Å². The van der Waals surface area contributed by atoms with Gasteiger partial charge >= 0.3 is 0 Å². The maximum atomic E-state index is 5.86. The summed E-state index contributed by atoms with van der Waals surface area (Å²) in [6.45, 7) is 3.84. The molecule has 1 aromatic rings. The van der Waals surface area contributed by atoms with Crippen LogP contribution >= 0.6 is 0 Å². The van der Waals surface area contributed by atoms with Crippen LogP contribution < -0.4 is 15.5 Å². The summed E-state index contributed by atoms with van der Waals surface area (Å²) in [6, 6.07) is 1.89. The molecule has 112 valence electrons. The summed E-state index contributed by atoms with van der Waals surface area (Å²) in [5.74, 6) is 1.59. The zero-order chi connectivity index (χ0) is 14.2. The molecule has 0 saturated carbocycles. The van der Waals surface area contributed by atoms with Gasteiger partial charge in [0, 0.05) is 33.4 Å². The van der Waals surface area contributed by atoms with Crippen molar-refractivity contribution in [2.75, 3.05) is 50.6 Å². The van der Waals surface area contributed by atoms with Crippen molar-refractivity contribution in [1.29, 1.82) is 0 Å². The van der Waals surface area contributed by atoms with E-state index in [9.17, 15) is 0 Å². The Bertz CT molecular complexity index is 393. The lowest BCUT2D eigenvalue weighted by atomic mass is 10.1. The molecule has 2 rings (SSSR count). The first-order valence-corrected chi connectivity index (χ1v) is 7.32. The summed E-state index contributed by atoms with van der Waals surface area (Å²) < 4.78 is 5.86. The molecule has 1 aliphatic rings. The summed E-state index contributed by atoms with van der Waals surface area (Å²) in [7, 11) is 3.87. The molecular weight excluding hydrogens is 254 g/mol. The van der Waals surface area contributed by atoms with Crippen molar-refractivity contribution in [3.8, 4) is 0 Å². The van der Waals surface area contributed by atoms with Gasteiger partial charge in [-0.25, -0.2) is 4.98 Å². The summed E-state index contributed by atoms with van der Waals surface area (Å²) >= 11 is 0. The van der Waals surface area contributed by atoms with Gasteiger partial charge in [0.1, 0.15) is 5.82 Å². The number of piperidine rings is 1. The first kappa shape index (κ1) is 15.0. The van der Waals surface area contributed by atoms with E-state index < -0.39 is 0 Å². The van der Waals surface area contributed by atoms with Gasteiger partial charge in [0.15, 0.2) is 0 Å². The number of ether oxygens (including phenoxy) is 1. The quantitative estimate of drug-likeness (QED) is 0.729. The molecule has 1 fully saturated rings. The zero-order valence-electron chi connectivity index (χ0n) is 12.4. The van der Waals surface area contributed by atoms with Crippen molar-refractivity contribution in [3.05, 3.63) is 12.3 Å². The van der Waals surface area contributed by atoms with Gasteiger partial charge in [0.25, 0.3) is 0 Å². The summed E-state index contributed by atoms with van der Waals surface area (Å²) in [6.07, 6.45) is 5.47. The summed E-state index contributed by atoms with van der Waals surface area (Å²) in [5, 5.41) is 6.65. The highest BCUT2D eigenvalue weighted by atomic mass is 16.5. The fourth-order valence-corrected chi connectivity index (χ4v) is 2.16. The smallest absolute Gasteiger partial charge is 0.226 e. The van der Waals surface area contributed by atoms with E-state index >= 15 is 0 Å². The van der Waals surface area contributed by atoms with E-state index in [-0.39, 0.29) is 0 Å². The van der Waals surface area contributed by atoms with Crippen LogP contribution in [0.4, 0.5) is 11.8 Å². The second-order valence-electron chi connectivity index (χ2n) is 5.24. The van der Waals surface area contributed by atoms with Crippen LogP contribution in [0.3, 0.4) is 0 Å². The van der Waals surface area contributed by atoms with E-state index in [0.29, 0.717) is 6.10 Å². The highest BCUT2D eigenvalue weighted by Crippen LogP contribution is 2.09. The SMILES string of the molecule is CN(C)c1nccc(NCCCOC2CCNCC2)n1. The van der Waals surface area contributed by atoms with Gasteiger partial charge in [-0.05, 0) is 38.4 Å². The maximum Gasteiger partial charge on any atom is 0.226 e. The Kier molecular flexibility index (Phi) is 6.01. The fourth-order valence-electron chi connectivity index (χ4n) is 2.16. The minimum Gasteiger partial charge on any atom is -0.378 e. The number of anilines is 2. The molecule has 0 bridgehead atoms. The van der Waals surface area contributed by atoms with Gasteiger partial charge < -0.3 is 20.3 Å². The van der Waals surface area contributed by atoms with Crippen molar-refractivity contribution in [2.45, 2.75) is 25.4 Å². The number of hydrogen-bond acceptors (Lipinski definition) is 6. The average molecular weight is 279 g/mol. The molecular formula is C14H25N5O. The van der Waals surface area contributed by atoms with Crippen LogP contribution in [0.1, 0.15) is 19.3 Å². The lowest BCUT2D eigenvalue weighted by molar-refractivity contribution is 0.0329. The third-order valence-corrected chi connectivity index (χ3v) is 3.31. The predicted octanol–water partition coefficient (Wildman–Crippen LogP) is 1.11. The third-order valence-electron chi connectivity index (χ3n) is 3.31. The third kappa shape index (κ3) is 4.94. The maximum absolute atomic E-state index is 5.86. The molecule has 0 spiro atoms. The summed E-state index contributed by atoms with van der Waals surface area (Å²) in [4.78, 5) is 10.5. The molecule has 1 aromatic heterocycles. The van der Waals surface area contributed by atoms with E-state index in [4.69, 9.17) is 4.74 Å². The van der Waals surface area contributed by atoms with E-state index in [2.05, 4.69) is 20.6 Å². The zero-order valence-corrected chi connectivity index (χ0v) is 12.4. The van der Waals surface area contributed by atoms with Gasteiger partial charge in [0.05, 0.1) is 6.10 Å². The molecule has 1 aliphatic heterocycles. The van der Waals surface area contributed by atoms with Crippen LogP contribution in [0, 0.1) is 0 Å². The molecule has 0 atom stereocenters. The van der Waals surface area contributed by atoms with Crippen molar-refractivity contribution >= 4 is 11.8 Å². The van der Waals surface area contributed by atoms with Crippen molar-refractivity contribution in [2.24, 2.45) is 0 Å². The molecule has 2 heterocycles. The topological polar surface area (TPSA) is 62.3 Å². The Morgan fingerprint density at radius 1 is 1.40 bits per heavy atom. The van der Waals surface area contributed by atoms with Crippen LogP contribution in [0.25, 0.3) is 0 Å². The molecule has 20 heavy (non-hydrogen) atoms. The standard InChI is InChI=1S/C14H25N5O/c1-19(2)14-17-10-6-13(18-14)16-7-3-11-20-12-4-8-15-9-5-12/h6,10,12,15H,3-5,7-9,11H2,1-2H3,(H,16,17,18). The van der Waals surface area contributed by atoms with Crippen LogP contribution in [0.2, 0.25) is 0 Å². The monoisotopic (exact) mass is 279 g/mol. The predicted molar refractivity (Wildman–Crippen MR) is 81.3 cm³/mol. The van der Waals surface area contributed by atoms with Gasteiger partial charge in [-0.15, -0.1) is 0 Å². The molecule has 0 aromatic carbocycles. The van der Waals surface area contributed by atoms with Gasteiger partial charge in [-0.1, -0.05) is 0 Å². The molecule has 0 aliphatic carbocycles. The molecule has 0 radical (unpaired) electrons.